The monoisotopic (exact) mass is 444 g/mol. The second-order valence-corrected chi connectivity index (χ2v) is 11.3. The van der Waals surface area contributed by atoms with Crippen molar-refractivity contribution >= 4 is 0 Å². The van der Waals surface area contributed by atoms with Crippen molar-refractivity contribution in [2.75, 3.05) is 0 Å². The van der Waals surface area contributed by atoms with Crippen molar-refractivity contribution in [1.82, 2.24) is 0 Å². The second-order valence-electron chi connectivity index (χ2n) is 11.3. The van der Waals surface area contributed by atoms with E-state index < -0.39 is 6.08 Å². The topological polar surface area (TPSA) is 0 Å². The fourth-order valence-corrected chi connectivity index (χ4v) is 6.54. The van der Waals surface area contributed by atoms with Gasteiger partial charge in [0.2, 0.25) is 0 Å². The third-order valence-corrected chi connectivity index (χ3v) is 9.25. The lowest BCUT2D eigenvalue weighted by atomic mass is 9.77. The van der Waals surface area contributed by atoms with Crippen LogP contribution in [0.3, 0.4) is 0 Å². The Morgan fingerprint density at radius 1 is 0.656 bits per heavy atom. The molecule has 0 atom stereocenters. The van der Waals surface area contributed by atoms with Gasteiger partial charge in [0.15, 0.2) is 0 Å². The fourth-order valence-electron chi connectivity index (χ4n) is 6.54. The highest BCUT2D eigenvalue weighted by Crippen LogP contribution is 2.37. The summed E-state index contributed by atoms with van der Waals surface area (Å²) in [6.45, 7) is 11.8. The zero-order valence-electron chi connectivity index (χ0n) is 21.3. The van der Waals surface area contributed by atoms with Crippen LogP contribution >= 0.6 is 0 Å². The first-order chi connectivity index (χ1) is 15.3. The third-order valence-electron chi connectivity index (χ3n) is 9.25. The van der Waals surface area contributed by atoms with Crippen LogP contribution in [0.15, 0.2) is 12.2 Å². The molecule has 1 aromatic rings. The smallest absolute Gasteiger partial charge is 0.174 e. The molecular weight excluding hydrogens is 398 g/mol. The molecule has 3 rings (SSSR count). The lowest BCUT2D eigenvalue weighted by molar-refractivity contribution is 0.262. The van der Waals surface area contributed by atoms with Crippen LogP contribution in [0, 0.1) is 51.4 Å². The Labute approximate surface area is 196 Å². The van der Waals surface area contributed by atoms with Gasteiger partial charge in [-0.3, -0.25) is 0 Å². The fraction of sp³-hybridized carbons (Fsp3) is 0.733. The first-order valence-electron chi connectivity index (χ1n) is 13.4. The molecule has 2 aliphatic rings. The van der Waals surface area contributed by atoms with E-state index in [1.807, 2.05) is 0 Å². The van der Waals surface area contributed by atoms with E-state index in [4.69, 9.17) is 0 Å². The van der Waals surface area contributed by atoms with Gasteiger partial charge in [0, 0.05) is 0 Å². The maximum atomic E-state index is 12.4. The Hall–Kier alpha value is -1.18. The van der Waals surface area contributed by atoms with Gasteiger partial charge in [-0.25, -0.2) is 0 Å². The molecule has 0 aromatic heterocycles. The van der Waals surface area contributed by atoms with Crippen molar-refractivity contribution in [3.8, 4) is 0 Å². The van der Waals surface area contributed by atoms with E-state index in [2.05, 4.69) is 34.6 Å². The third kappa shape index (κ3) is 6.67. The molecule has 2 saturated carbocycles. The van der Waals surface area contributed by atoms with Gasteiger partial charge in [-0.2, -0.15) is 8.78 Å². The Morgan fingerprint density at radius 3 is 1.44 bits per heavy atom. The minimum atomic E-state index is -1.51. The van der Waals surface area contributed by atoms with Gasteiger partial charge in [-0.15, -0.1) is 0 Å². The average molecular weight is 445 g/mol. The van der Waals surface area contributed by atoms with Gasteiger partial charge in [-0.1, -0.05) is 45.4 Å². The molecule has 0 radical (unpaired) electrons. The lowest BCUT2D eigenvalue weighted by Gasteiger charge is -2.29. The van der Waals surface area contributed by atoms with Crippen molar-refractivity contribution in [1.29, 1.82) is 0 Å². The average Bonchev–Trinajstić information content (AvgIpc) is 2.78. The minimum Gasteiger partial charge on any atom is -0.174 e. The number of allylic oxidation sites excluding steroid dienone is 1. The molecule has 32 heavy (non-hydrogen) atoms. The van der Waals surface area contributed by atoms with E-state index in [-0.39, 0.29) is 0 Å². The van der Waals surface area contributed by atoms with Crippen molar-refractivity contribution in [3.05, 3.63) is 45.5 Å². The van der Waals surface area contributed by atoms with Crippen LogP contribution in [0.2, 0.25) is 0 Å². The summed E-state index contributed by atoms with van der Waals surface area (Å²) < 4.78 is 24.7. The summed E-state index contributed by atoms with van der Waals surface area (Å²) in [5.41, 5.74) is 9.33. The summed E-state index contributed by atoms with van der Waals surface area (Å²) in [5.74, 6) is 3.09. The van der Waals surface area contributed by atoms with Crippen LogP contribution in [0.4, 0.5) is 8.78 Å². The molecule has 2 heteroatoms. The van der Waals surface area contributed by atoms with Gasteiger partial charge >= 0.3 is 0 Å². The first kappa shape index (κ1) is 25.4. The minimum absolute atomic E-state index is 0.465. The summed E-state index contributed by atoms with van der Waals surface area (Å²) in [5, 5.41) is 0. The maximum absolute atomic E-state index is 12.4. The van der Waals surface area contributed by atoms with Crippen molar-refractivity contribution in [2.24, 2.45) is 23.7 Å². The lowest BCUT2D eigenvalue weighted by Crippen LogP contribution is -2.16. The van der Waals surface area contributed by atoms with Gasteiger partial charge in [0.25, 0.3) is 6.08 Å². The zero-order chi connectivity index (χ0) is 23.3. The largest absolute Gasteiger partial charge is 0.266 e. The SMILES string of the molecule is Cc1c(C)c(CCC2CCC(CC=C(F)F)CC2)c(C)c(C)c1CCC1CCC(C)CC1. The van der Waals surface area contributed by atoms with E-state index in [1.54, 1.807) is 11.1 Å². The van der Waals surface area contributed by atoms with Crippen LogP contribution < -0.4 is 0 Å². The van der Waals surface area contributed by atoms with Crippen molar-refractivity contribution in [3.63, 3.8) is 0 Å². The van der Waals surface area contributed by atoms with Gasteiger partial charge in [-0.05, 0) is 136 Å². The number of hydrogen-bond acceptors (Lipinski definition) is 0. The Bertz CT molecular complexity index is 742. The summed E-state index contributed by atoms with van der Waals surface area (Å²) in [7, 11) is 0. The number of hydrogen-bond donors (Lipinski definition) is 0. The molecule has 0 amide bonds. The molecule has 0 aliphatic heterocycles. The number of rotatable bonds is 8. The molecule has 0 nitrogen and oxygen atoms in total. The summed E-state index contributed by atoms with van der Waals surface area (Å²) in [6.07, 6.45) is 15.5. The van der Waals surface area contributed by atoms with Crippen LogP contribution in [0.5, 0.6) is 0 Å². The van der Waals surface area contributed by atoms with E-state index in [0.29, 0.717) is 12.3 Å². The van der Waals surface area contributed by atoms with Crippen LogP contribution in [-0.2, 0) is 12.8 Å². The van der Waals surface area contributed by atoms with Crippen molar-refractivity contribution in [2.45, 2.75) is 118 Å². The van der Waals surface area contributed by atoms with Gasteiger partial charge < -0.3 is 0 Å². The maximum Gasteiger partial charge on any atom is 0.266 e. The van der Waals surface area contributed by atoms with Crippen LogP contribution in [0.1, 0.15) is 111 Å². The molecule has 0 N–H and O–H groups in total. The standard InChI is InChI=1S/C30H46F2/c1-20-6-8-25(9-7-20)14-17-28-21(2)23(4)29(24(5)22(28)3)18-15-26-10-12-27(13-11-26)16-19-30(31)32/h19-20,25-27H,6-18H2,1-5H3. The molecule has 1 aromatic carbocycles. The quantitative estimate of drug-likeness (QED) is 0.374. The summed E-state index contributed by atoms with van der Waals surface area (Å²) >= 11 is 0. The summed E-state index contributed by atoms with van der Waals surface area (Å²) in [4.78, 5) is 0. The van der Waals surface area contributed by atoms with Crippen LogP contribution in [0.25, 0.3) is 0 Å². The molecule has 2 aliphatic carbocycles. The Balaban J connectivity index is 1.56. The van der Waals surface area contributed by atoms with E-state index in [1.165, 1.54) is 86.5 Å². The molecule has 0 bridgehead atoms. The molecule has 0 unspecified atom stereocenters. The van der Waals surface area contributed by atoms with E-state index >= 15 is 0 Å². The molecule has 0 heterocycles. The highest BCUT2D eigenvalue weighted by Gasteiger charge is 2.23. The number of halogens is 2. The second kappa shape index (κ2) is 11.8. The van der Waals surface area contributed by atoms with Crippen molar-refractivity contribution < 1.29 is 8.78 Å². The van der Waals surface area contributed by atoms with E-state index in [9.17, 15) is 8.78 Å². The molecule has 180 valence electrons. The predicted octanol–water partition coefficient (Wildman–Crippen LogP) is 9.59. The Kier molecular flexibility index (Phi) is 9.38. The number of benzene rings is 1. The van der Waals surface area contributed by atoms with Crippen LogP contribution in [-0.4, -0.2) is 0 Å². The molecular formula is C30H46F2. The molecule has 0 saturated heterocycles. The molecule has 0 spiro atoms. The predicted molar refractivity (Wildman–Crippen MR) is 134 cm³/mol. The zero-order valence-corrected chi connectivity index (χ0v) is 21.3. The molecule has 2 fully saturated rings. The Morgan fingerprint density at radius 2 is 1.03 bits per heavy atom. The highest BCUT2D eigenvalue weighted by molar-refractivity contribution is 5.50. The van der Waals surface area contributed by atoms with Gasteiger partial charge in [0.05, 0.1) is 0 Å². The van der Waals surface area contributed by atoms with E-state index in [0.717, 1.165) is 36.7 Å². The first-order valence-corrected chi connectivity index (χ1v) is 13.4. The normalized spacial score (nSPS) is 26.2. The summed E-state index contributed by atoms with van der Waals surface area (Å²) in [6, 6.07) is 0. The highest BCUT2D eigenvalue weighted by atomic mass is 19.3. The van der Waals surface area contributed by atoms with Gasteiger partial charge in [0.1, 0.15) is 0 Å².